The minimum atomic E-state index is -0.389. The fourth-order valence-corrected chi connectivity index (χ4v) is 3.02. The monoisotopic (exact) mass is 239 g/mol. The van der Waals surface area contributed by atoms with E-state index in [4.69, 9.17) is 11.5 Å². The van der Waals surface area contributed by atoms with E-state index in [1.165, 1.54) is 0 Å². The Kier molecular flexibility index (Phi) is 3.66. The van der Waals surface area contributed by atoms with Crippen molar-refractivity contribution < 1.29 is 9.59 Å². The summed E-state index contributed by atoms with van der Waals surface area (Å²) in [6.45, 7) is 0.661. The zero-order valence-corrected chi connectivity index (χ0v) is 10.1. The highest BCUT2D eigenvalue weighted by Crippen LogP contribution is 2.28. The minimum absolute atomic E-state index is 0.0497. The molecule has 0 aromatic heterocycles. The number of hydrogen-bond donors (Lipinski definition) is 2. The summed E-state index contributed by atoms with van der Waals surface area (Å²) in [7, 11) is 0. The molecule has 0 bridgehead atoms. The first-order valence-corrected chi connectivity index (χ1v) is 6.44. The molecule has 5 nitrogen and oxygen atoms in total. The number of rotatable bonds is 3. The van der Waals surface area contributed by atoms with Gasteiger partial charge in [-0.2, -0.15) is 0 Å². The Morgan fingerprint density at radius 1 is 1.18 bits per heavy atom. The van der Waals surface area contributed by atoms with Gasteiger partial charge in [0.1, 0.15) is 6.04 Å². The Morgan fingerprint density at radius 2 is 1.94 bits per heavy atom. The maximum atomic E-state index is 12.1. The number of nitrogens with two attached hydrogens (primary N) is 2. The van der Waals surface area contributed by atoms with Crippen LogP contribution in [0.1, 0.15) is 38.5 Å². The van der Waals surface area contributed by atoms with E-state index < -0.39 is 0 Å². The van der Waals surface area contributed by atoms with Crippen molar-refractivity contribution in [3.63, 3.8) is 0 Å². The summed E-state index contributed by atoms with van der Waals surface area (Å²) in [4.78, 5) is 25.0. The van der Waals surface area contributed by atoms with Crippen molar-refractivity contribution >= 4 is 11.8 Å². The van der Waals surface area contributed by atoms with Crippen LogP contribution in [0.4, 0.5) is 0 Å². The van der Waals surface area contributed by atoms with Gasteiger partial charge in [-0.25, -0.2) is 0 Å². The lowest BCUT2D eigenvalue weighted by Crippen LogP contribution is -2.44. The van der Waals surface area contributed by atoms with Gasteiger partial charge in [0.05, 0.1) is 0 Å². The number of likely N-dealkylation sites (tertiary alicyclic amines) is 1. The van der Waals surface area contributed by atoms with Crippen molar-refractivity contribution in [2.75, 3.05) is 6.54 Å². The number of hydrogen-bond acceptors (Lipinski definition) is 3. The summed E-state index contributed by atoms with van der Waals surface area (Å²) in [6.07, 6.45) is 5.20. The van der Waals surface area contributed by atoms with Gasteiger partial charge in [-0.15, -0.1) is 0 Å². The Morgan fingerprint density at radius 3 is 2.53 bits per heavy atom. The first-order valence-electron chi connectivity index (χ1n) is 6.44. The summed E-state index contributed by atoms with van der Waals surface area (Å²) in [5.74, 6) is -0.0446. The molecular weight excluding hydrogens is 218 g/mol. The molecule has 3 atom stereocenters. The van der Waals surface area contributed by atoms with Crippen LogP contribution in [-0.2, 0) is 9.59 Å². The molecule has 17 heavy (non-hydrogen) atoms. The Bertz CT molecular complexity index is 319. The number of primary amides is 1. The molecule has 5 heteroatoms. The number of nitrogens with zero attached hydrogens (tertiary/aromatic N) is 1. The van der Waals surface area contributed by atoms with E-state index in [1.807, 2.05) is 0 Å². The third-order valence-corrected chi connectivity index (χ3v) is 4.06. The van der Waals surface area contributed by atoms with Gasteiger partial charge < -0.3 is 16.4 Å². The zero-order valence-electron chi connectivity index (χ0n) is 10.1. The molecule has 0 radical (unpaired) electrons. The SMILES string of the molecule is NC(=O)C1CCCN1C(=O)C[C@@H]1CCC[C@H]1N. The maximum Gasteiger partial charge on any atom is 0.240 e. The fraction of sp³-hybridized carbons (Fsp3) is 0.833. The normalized spacial score (nSPS) is 33.0. The van der Waals surface area contributed by atoms with E-state index in [0.29, 0.717) is 19.4 Å². The quantitative estimate of drug-likeness (QED) is 0.725. The highest BCUT2D eigenvalue weighted by Gasteiger charge is 2.35. The highest BCUT2D eigenvalue weighted by atomic mass is 16.2. The van der Waals surface area contributed by atoms with E-state index in [9.17, 15) is 9.59 Å². The molecule has 2 rings (SSSR count). The van der Waals surface area contributed by atoms with Gasteiger partial charge in [0.15, 0.2) is 0 Å². The van der Waals surface area contributed by atoms with Crippen molar-refractivity contribution in [1.29, 1.82) is 0 Å². The molecule has 0 aromatic carbocycles. The van der Waals surface area contributed by atoms with Crippen molar-refractivity contribution in [2.45, 2.75) is 50.6 Å². The summed E-state index contributed by atoms with van der Waals surface area (Å²) in [5.41, 5.74) is 11.3. The van der Waals surface area contributed by atoms with Gasteiger partial charge in [-0.05, 0) is 31.6 Å². The van der Waals surface area contributed by atoms with Crippen LogP contribution < -0.4 is 11.5 Å². The second-order valence-electron chi connectivity index (χ2n) is 5.21. The standard InChI is InChI=1S/C12H21N3O2/c13-9-4-1-3-8(9)7-11(16)15-6-2-5-10(15)12(14)17/h8-10H,1-7,13H2,(H2,14,17)/t8-,9+,10?/m0/s1. The Hall–Kier alpha value is -1.10. The van der Waals surface area contributed by atoms with Crippen LogP contribution in [0.5, 0.6) is 0 Å². The largest absolute Gasteiger partial charge is 0.368 e. The fourth-order valence-electron chi connectivity index (χ4n) is 3.02. The summed E-state index contributed by atoms with van der Waals surface area (Å²) < 4.78 is 0. The van der Waals surface area contributed by atoms with E-state index in [-0.39, 0.29) is 29.8 Å². The van der Waals surface area contributed by atoms with Gasteiger partial charge in [0, 0.05) is 19.0 Å². The number of amides is 2. The van der Waals surface area contributed by atoms with Gasteiger partial charge in [0.2, 0.25) is 11.8 Å². The van der Waals surface area contributed by atoms with E-state index in [1.54, 1.807) is 4.90 Å². The average molecular weight is 239 g/mol. The van der Waals surface area contributed by atoms with Gasteiger partial charge >= 0.3 is 0 Å². The predicted molar refractivity (Wildman–Crippen MR) is 63.9 cm³/mol. The number of carbonyl (C=O) groups excluding carboxylic acids is 2. The molecule has 1 unspecified atom stereocenters. The Balaban J connectivity index is 1.93. The molecular formula is C12H21N3O2. The molecule has 2 fully saturated rings. The smallest absolute Gasteiger partial charge is 0.240 e. The molecule has 1 saturated carbocycles. The molecule has 1 aliphatic carbocycles. The Labute approximate surface area is 102 Å². The lowest BCUT2D eigenvalue weighted by molar-refractivity contribution is -0.138. The lowest BCUT2D eigenvalue weighted by Gasteiger charge is -2.24. The lowest BCUT2D eigenvalue weighted by atomic mass is 9.99. The second-order valence-corrected chi connectivity index (χ2v) is 5.21. The van der Waals surface area contributed by atoms with Crippen LogP contribution in [0.2, 0.25) is 0 Å². The summed E-state index contributed by atoms with van der Waals surface area (Å²) in [6, 6.07) is -0.242. The molecule has 0 spiro atoms. The van der Waals surface area contributed by atoms with E-state index >= 15 is 0 Å². The molecule has 4 N–H and O–H groups in total. The van der Waals surface area contributed by atoms with Crippen LogP contribution in [0.25, 0.3) is 0 Å². The van der Waals surface area contributed by atoms with E-state index in [2.05, 4.69) is 0 Å². The van der Waals surface area contributed by atoms with Crippen LogP contribution in [0, 0.1) is 5.92 Å². The van der Waals surface area contributed by atoms with Crippen molar-refractivity contribution in [3.8, 4) is 0 Å². The van der Waals surface area contributed by atoms with Gasteiger partial charge in [-0.3, -0.25) is 9.59 Å². The second kappa shape index (κ2) is 5.04. The third kappa shape index (κ3) is 2.60. The topological polar surface area (TPSA) is 89.4 Å². The van der Waals surface area contributed by atoms with Crippen LogP contribution in [0.15, 0.2) is 0 Å². The van der Waals surface area contributed by atoms with E-state index in [0.717, 1.165) is 25.7 Å². The van der Waals surface area contributed by atoms with Crippen LogP contribution >= 0.6 is 0 Å². The molecule has 1 heterocycles. The average Bonchev–Trinajstić information content (AvgIpc) is 2.87. The molecule has 96 valence electrons. The van der Waals surface area contributed by atoms with Crippen molar-refractivity contribution in [1.82, 2.24) is 4.90 Å². The third-order valence-electron chi connectivity index (χ3n) is 4.06. The molecule has 2 amide bonds. The summed E-state index contributed by atoms with van der Waals surface area (Å²) >= 11 is 0. The number of carbonyl (C=O) groups is 2. The van der Waals surface area contributed by atoms with Crippen LogP contribution in [-0.4, -0.2) is 35.3 Å². The van der Waals surface area contributed by atoms with Gasteiger partial charge in [-0.1, -0.05) is 6.42 Å². The molecule has 0 aromatic rings. The molecule has 2 aliphatic rings. The first kappa shape index (κ1) is 12.4. The first-order chi connectivity index (χ1) is 8.09. The van der Waals surface area contributed by atoms with Crippen LogP contribution in [0.3, 0.4) is 0 Å². The van der Waals surface area contributed by atoms with Crippen molar-refractivity contribution in [2.24, 2.45) is 17.4 Å². The minimum Gasteiger partial charge on any atom is -0.368 e. The molecule has 1 aliphatic heterocycles. The summed E-state index contributed by atoms with van der Waals surface area (Å²) in [5, 5.41) is 0. The molecule has 1 saturated heterocycles. The highest BCUT2D eigenvalue weighted by molar-refractivity contribution is 5.87. The zero-order chi connectivity index (χ0) is 12.4. The predicted octanol–water partition coefficient (Wildman–Crippen LogP) is -0.0198. The maximum absolute atomic E-state index is 12.1. The van der Waals surface area contributed by atoms with Gasteiger partial charge in [0.25, 0.3) is 0 Å². The van der Waals surface area contributed by atoms with Crippen molar-refractivity contribution in [3.05, 3.63) is 0 Å².